The number of aliphatic hydroxyl groups is 1. The van der Waals surface area contributed by atoms with E-state index in [0.29, 0.717) is 19.3 Å². The molecule has 0 aromatic carbocycles. The van der Waals surface area contributed by atoms with E-state index in [9.17, 15) is 0 Å². The summed E-state index contributed by atoms with van der Waals surface area (Å²) >= 11 is 0. The van der Waals surface area contributed by atoms with Crippen LogP contribution in [0.1, 0.15) is 52.9 Å². The summed E-state index contributed by atoms with van der Waals surface area (Å²) < 4.78 is 11.0. The molecule has 2 unspecified atom stereocenters. The lowest BCUT2D eigenvalue weighted by Gasteiger charge is -2.17. The highest BCUT2D eigenvalue weighted by Gasteiger charge is 2.06. The van der Waals surface area contributed by atoms with E-state index in [1.54, 1.807) is 0 Å². The second-order valence-electron chi connectivity index (χ2n) is 4.40. The van der Waals surface area contributed by atoms with Crippen molar-refractivity contribution in [2.75, 3.05) is 19.8 Å². The SMILES string of the molecule is CCCCCCC(C)OCC(C)OCCO. The van der Waals surface area contributed by atoms with Gasteiger partial charge in [-0.1, -0.05) is 32.6 Å². The third-order valence-corrected chi connectivity index (χ3v) is 2.57. The Morgan fingerprint density at radius 3 is 2.38 bits per heavy atom. The Morgan fingerprint density at radius 1 is 1.00 bits per heavy atom. The average Bonchev–Trinajstić information content (AvgIpc) is 2.29. The maximum absolute atomic E-state index is 8.59. The molecule has 0 heterocycles. The van der Waals surface area contributed by atoms with Gasteiger partial charge in [0.05, 0.1) is 32.0 Å². The molecule has 0 aliphatic heterocycles. The number of ether oxygens (including phenoxy) is 2. The standard InChI is InChI=1S/C13H28O3/c1-4-5-6-7-8-12(2)16-11-13(3)15-10-9-14/h12-14H,4-11H2,1-3H3. The van der Waals surface area contributed by atoms with Gasteiger partial charge in [-0.3, -0.25) is 0 Å². The first-order valence-electron chi connectivity index (χ1n) is 6.54. The molecule has 0 radical (unpaired) electrons. The third kappa shape index (κ3) is 10.4. The molecular formula is C13H28O3. The lowest BCUT2D eigenvalue weighted by molar-refractivity contribution is -0.0414. The fraction of sp³-hybridized carbons (Fsp3) is 1.00. The molecule has 1 N–H and O–H groups in total. The second-order valence-corrected chi connectivity index (χ2v) is 4.40. The minimum absolute atomic E-state index is 0.0743. The van der Waals surface area contributed by atoms with Crippen LogP contribution in [0.15, 0.2) is 0 Å². The summed E-state index contributed by atoms with van der Waals surface area (Å²) in [6.07, 6.45) is 6.68. The second kappa shape index (κ2) is 11.4. The molecular weight excluding hydrogens is 204 g/mol. The van der Waals surface area contributed by atoms with Crippen molar-refractivity contribution in [2.24, 2.45) is 0 Å². The molecule has 0 saturated heterocycles. The molecule has 0 aromatic heterocycles. The van der Waals surface area contributed by atoms with Crippen LogP contribution in [-0.2, 0) is 9.47 Å². The van der Waals surface area contributed by atoms with Gasteiger partial charge in [-0.05, 0) is 20.3 Å². The van der Waals surface area contributed by atoms with Crippen LogP contribution in [0.2, 0.25) is 0 Å². The molecule has 0 amide bonds. The lowest BCUT2D eigenvalue weighted by atomic mass is 10.1. The monoisotopic (exact) mass is 232 g/mol. The summed E-state index contributed by atoms with van der Waals surface area (Å²) in [7, 11) is 0. The van der Waals surface area contributed by atoms with Gasteiger partial charge in [-0.2, -0.15) is 0 Å². The number of rotatable bonds is 11. The van der Waals surface area contributed by atoms with Crippen molar-refractivity contribution in [3.63, 3.8) is 0 Å². The van der Waals surface area contributed by atoms with Crippen LogP contribution in [0.4, 0.5) is 0 Å². The predicted octanol–water partition coefficient (Wildman–Crippen LogP) is 2.76. The highest BCUT2D eigenvalue weighted by Crippen LogP contribution is 2.08. The summed E-state index contributed by atoms with van der Waals surface area (Å²) in [4.78, 5) is 0. The fourth-order valence-corrected chi connectivity index (χ4v) is 1.54. The zero-order valence-electron chi connectivity index (χ0n) is 11.1. The average molecular weight is 232 g/mol. The van der Waals surface area contributed by atoms with Crippen LogP contribution in [0, 0.1) is 0 Å². The van der Waals surface area contributed by atoms with Crippen molar-refractivity contribution in [2.45, 2.75) is 65.1 Å². The van der Waals surface area contributed by atoms with E-state index < -0.39 is 0 Å². The summed E-state index contributed by atoms with van der Waals surface area (Å²) in [5.74, 6) is 0. The molecule has 0 saturated carbocycles. The van der Waals surface area contributed by atoms with Gasteiger partial charge in [0.1, 0.15) is 0 Å². The van der Waals surface area contributed by atoms with Crippen LogP contribution >= 0.6 is 0 Å². The van der Waals surface area contributed by atoms with E-state index in [0.717, 1.165) is 6.42 Å². The Morgan fingerprint density at radius 2 is 1.75 bits per heavy atom. The molecule has 2 atom stereocenters. The first-order valence-corrected chi connectivity index (χ1v) is 6.54. The highest BCUT2D eigenvalue weighted by atomic mass is 16.5. The van der Waals surface area contributed by atoms with Gasteiger partial charge >= 0.3 is 0 Å². The minimum atomic E-state index is 0.0743. The Bertz CT molecular complexity index is 139. The number of unbranched alkanes of at least 4 members (excludes halogenated alkanes) is 3. The van der Waals surface area contributed by atoms with Crippen molar-refractivity contribution in [3.05, 3.63) is 0 Å². The van der Waals surface area contributed by atoms with Gasteiger partial charge in [0.2, 0.25) is 0 Å². The maximum atomic E-state index is 8.59. The lowest BCUT2D eigenvalue weighted by Crippen LogP contribution is -2.21. The molecule has 0 fully saturated rings. The molecule has 0 bridgehead atoms. The third-order valence-electron chi connectivity index (χ3n) is 2.57. The predicted molar refractivity (Wildman–Crippen MR) is 66.7 cm³/mol. The fourth-order valence-electron chi connectivity index (χ4n) is 1.54. The maximum Gasteiger partial charge on any atom is 0.0781 e. The van der Waals surface area contributed by atoms with E-state index in [1.165, 1.54) is 25.7 Å². The summed E-state index contributed by atoms with van der Waals surface area (Å²) in [6, 6.07) is 0. The van der Waals surface area contributed by atoms with Gasteiger partial charge in [-0.15, -0.1) is 0 Å². The Kier molecular flexibility index (Phi) is 11.3. The van der Waals surface area contributed by atoms with E-state index in [1.807, 2.05) is 6.92 Å². The van der Waals surface area contributed by atoms with Crippen molar-refractivity contribution in [3.8, 4) is 0 Å². The number of hydrogen-bond donors (Lipinski definition) is 1. The molecule has 0 aliphatic carbocycles. The van der Waals surface area contributed by atoms with E-state index in [2.05, 4.69) is 13.8 Å². The van der Waals surface area contributed by atoms with Crippen molar-refractivity contribution >= 4 is 0 Å². The summed E-state index contributed by atoms with van der Waals surface area (Å²) in [5.41, 5.74) is 0. The van der Waals surface area contributed by atoms with E-state index in [4.69, 9.17) is 14.6 Å². The van der Waals surface area contributed by atoms with Gasteiger partial charge in [0, 0.05) is 0 Å². The van der Waals surface area contributed by atoms with Crippen LogP contribution in [0.3, 0.4) is 0 Å². The van der Waals surface area contributed by atoms with Gasteiger partial charge in [-0.25, -0.2) is 0 Å². The first-order chi connectivity index (χ1) is 7.70. The number of hydrogen-bond acceptors (Lipinski definition) is 3. The summed E-state index contributed by atoms with van der Waals surface area (Å²) in [5, 5.41) is 8.59. The topological polar surface area (TPSA) is 38.7 Å². The Balaban J connectivity index is 3.31. The summed E-state index contributed by atoms with van der Waals surface area (Å²) in [6.45, 7) is 7.41. The molecule has 98 valence electrons. The molecule has 0 aliphatic rings. The zero-order chi connectivity index (χ0) is 12.2. The van der Waals surface area contributed by atoms with Crippen LogP contribution < -0.4 is 0 Å². The largest absolute Gasteiger partial charge is 0.394 e. The van der Waals surface area contributed by atoms with Crippen molar-refractivity contribution in [1.29, 1.82) is 0 Å². The first kappa shape index (κ1) is 15.9. The Hall–Kier alpha value is -0.120. The van der Waals surface area contributed by atoms with Crippen LogP contribution in [-0.4, -0.2) is 37.1 Å². The van der Waals surface area contributed by atoms with Crippen molar-refractivity contribution in [1.82, 2.24) is 0 Å². The molecule has 0 spiro atoms. The zero-order valence-corrected chi connectivity index (χ0v) is 11.1. The molecule has 16 heavy (non-hydrogen) atoms. The van der Waals surface area contributed by atoms with Crippen LogP contribution in [0.25, 0.3) is 0 Å². The molecule has 0 aromatic rings. The van der Waals surface area contributed by atoms with Crippen LogP contribution in [0.5, 0.6) is 0 Å². The van der Waals surface area contributed by atoms with E-state index >= 15 is 0 Å². The number of aliphatic hydroxyl groups excluding tert-OH is 1. The van der Waals surface area contributed by atoms with Crippen molar-refractivity contribution < 1.29 is 14.6 Å². The van der Waals surface area contributed by atoms with Gasteiger partial charge in [0.25, 0.3) is 0 Å². The minimum Gasteiger partial charge on any atom is -0.394 e. The van der Waals surface area contributed by atoms with Gasteiger partial charge in [0.15, 0.2) is 0 Å². The molecule has 3 nitrogen and oxygen atoms in total. The molecule has 0 rings (SSSR count). The normalized spacial score (nSPS) is 15.0. The quantitative estimate of drug-likeness (QED) is 0.557. The smallest absolute Gasteiger partial charge is 0.0781 e. The van der Waals surface area contributed by atoms with Gasteiger partial charge < -0.3 is 14.6 Å². The molecule has 3 heteroatoms. The highest BCUT2D eigenvalue weighted by molar-refractivity contribution is 4.54. The Labute approximate surface area is 100 Å². The van der Waals surface area contributed by atoms with E-state index in [-0.39, 0.29) is 12.7 Å².